The zero-order valence-corrected chi connectivity index (χ0v) is 15.9. The summed E-state index contributed by atoms with van der Waals surface area (Å²) in [6.07, 6.45) is 0.991. The van der Waals surface area contributed by atoms with E-state index < -0.39 is 11.7 Å². The molecule has 1 amide bonds. The number of fused-ring (bicyclic) bond motifs is 1. The number of aromatic nitrogens is 3. The van der Waals surface area contributed by atoms with E-state index in [2.05, 4.69) is 32.1 Å². The van der Waals surface area contributed by atoms with Crippen molar-refractivity contribution in [3.8, 4) is 11.8 Å². The summed E-state index contributed by atoms with van der Waals surface area (Å²) in [6.45, 7) is 5.40. The van der Waals surface area contributed by atoms with Crippen molar-refractivity contribution in [3.05, 3.63) is 46.9 Å². The first-order valence-corrected chi connectivity index (χ1v) is 8.89. The number of hydrogen-bond acceptors (Lipinski definition) is 6. The minimum atomic E-state index is -0.572. The van der Waals surface area contributed by atoms with Gasteiger partial charge in [0.05, 0.1) is 5.02 Å². The van der Waals surface area contributed by atoms with Crippen molar-refractivity contribution in [2.75, 3.05) is 5.32 Å². The third-order valence-electron chi connectivity index (χ3n) is 2.91. The van der Waals surface area contributed by atoms with Crippen LogP contribution in [0.3, 0.4) is 0 Å². The second-order valence-electron chi connectivity index (χ2n) is 6.28. The van der Waals surface area contributed by atoms with Crippen LogP contribution >= 0.6 is 22.9 Å². The quantitative estimate of drug-likeness (QED) is 0.623. The van der Waals surface area contributed by atoms with Gasteiger partial charge in [-0.15, -0.1) is 0 Å². The molecule has 0 saturated carbocycles. The van der Waals surface area contributed by atoms with Crippen molar-refractivity contribution in [2.45, 2.75) is 26.4 Å². The van der Waals surface area contributed by atoms with Gasteiger partial charge < -0.3 is 4.74 Å². The molecule has 0 aromatic carbocycles. The van der Waals surface area contributed by atoms with Gasteiger partial charge in [-0.2, -0.15) is 0 Å². The average Bonchev–Trinajstić information content (AvgIpc) is 2.93. The van der Waals surface area contributed by atoms with Gasteiger partial charge in [0, 0.05) is 6.20 Å². The molecular formula is C18H15ClN4O2S. The van der Waals surface area contributed by atoms with Crippen LogP contribution in [0.25, 0.3) is 10.3 Å². The van der Waals surface area contributed by atoms with E-state index in [1.807, 2.05) is 0 Å². The number of pyridine rings is 2. The summed E-state index contributed by atoms with van der Waals surface area (Å²) in [5, 5.41) is 3.60. The second kappa shape index (κ2) is 7.28. The van der Waals surface area contributed by atoms with Crippen LogP contribution in [0.2, 0.25) is 5.02 Å². The molecule has 0 unspecified atom stereocenters. The van der Waals surface area contributed by atoms with Crippen LogP contribution in [0.5, 0.6) is 0 Å². The van der Waals surface area contributed by atoms with Crippen molar-refractivity contribution in [3.63, 3.8) is 0 Å². The van der Waals surface area contributed by atoms with Crippen LogP contribution < -0.4 is 5.32 Å². The Morgan fingerprint density at radius 3 is 2.58 bits per heavy atom. The van der Waals surface area contributed by atoms with Crippen LogP contribution in [0.15, 0.2) is 30.5 Å². The summed E-state index contributed by atoms with van der Waals surface area (Å²) in [4.78, 5) is 25.4. The molecule has 0 aliphatic heterocycles. The third kappa shape index (κ3) is 4.91. The van der Waals surface area contributed by atoms with Crippen molar-refractivity contribution < 1.29 is 9.53 Å². The Balaban J connectivity index is 1.77. The topological polar surface area (TPSA) is 77.0 Å². The molecule has 3 heterocycles. The van der Waals surface area contributed by atoms with Crippen LogP contribution in [0, 0.1) is 11.8 Å². The molecule has 0 aliphatic carbocycles. The lowest BCUT2D eigenvalue weighted by molar-refractivity contribution is 0.0636. The van der Waals surface area contributed by atoms with E-state index in [4.69, 9.17) is 16.3 Å². The number of anilines is 1. The smallest absolute Gasteiger partial charge is 0.413 e. The molecule has 132 valence electrons. The van der Waals surface area contributed by atoms with Gasteiger partial charge in [-0.25, -0.2) is 19.7 Å². The Kier molecular flexibility index (Phi) is 5.07. The first-order valence-electron chi connectivity index (χ1n) is 7.70. The normalized spacial score (nSPS) is 10.9. The molecule has 0 atom stereocenters. The standard InChI is InChI=1S/C18H15ClN4O2S/c1-18(2,3)25-17(24)23-16-22-14-9-8-13(21-15(14)26-16)7-6-12-5-4-11(19)10-20-12/h4-5,8-10H,1-3H3,(H,22,23,24). The molecule has 3 aromatic heterocycles. The lowest BCUT2D eigenvalue weighted by atomic mass is 10.2. The lowest BCUT2D eigenvalue weighted by Gasteiger charge is -2.18. The van der Waals surface area contributed by atoms with E-state index in [1.165, 1.54) is 11.3 Å². The highest BCUT2D eigenvalue weighted by Crippen LogP contribution is 2.25. The van der Waals surface area contributed by atoms with E-state index >= 15 is 0 Å². The fraction of sp³-hybridized carbons (Fsp3) is 0.222. The van der Waals surface area contributed by atoms with Crippen molar-refractivity contribution in [1.29, 1.82) is 0 Å². The SMILES string of the molecule is CC(C)(C)OC(=O)Nc1nc2ccc(C#Cc3ccc(Cl)cn3)nc2s1. The molecule has 3 rings (SSSR count). The highest BCUT2D eigenvalue weighted by Gasteiger charge is 2.17. The number of carbonyl (C=O) groups is 1. The maximum absolute atomic E-state index is 11.8. The maximum Gasteiger partial charge on any atom is 0.413 e. The Morgan fingerprint density at radius 2 is 1.88 bits per heavy atom. The van der Waals surface area contributed by atoms with Crippen molar-refractivity contribution >= 4 is 44.5 Å². The number of hydrogen-bond donors (Lipinski definition) is 1. The van der Waals surface area contributed by atoms with Gasteiger partial charge in [0.25, 0.3) is 0 Å². The van der Waals surface area contributed by atoms with Crippen molar-refractivity contribution in [1.82, 2.24) is 15.0 Å². The van der Waals surface area contributed by atoms with Gasteiger partial charge in [0.1, 0.15) is 27.3 Å². The number of amides is 1. The third-order valence-corrected chi connectivity index (χ3v) is 4.01. The van der Waals surface area contributed by atoms with Gasteiger partial charge in [-0.05, 0) is 56.9 Å². The summed E-state index contributed by atoms with van der Waals surface area (Å²) in [5.74, 6) is 5.88. The summed E-state index contributed by atoms with van der Waals surface area (Å²) < 4.78 is 5.21. The van der Waals surface area contributed by atoms with Gasteiger partial charge >= 0.3 is 6.09 Å². The molecule has 0 spiro atoms. The van der Waals surface area contributed by atoms with Crippen LogP contribution in [-0.4, -0.2) is 26.6 Å². The molecule has 3 aromatic rings. The van der Waals surface area contributed by atoms with Crippen LogP contribution in [0.4, 0.5) is 9.93 Å². The molecule has 8 heteroatoms. The highest BCUT2D eigenvalue weighted by molar-refractivity contribution is 7.21. The number of nitrogens with one attached hydrogen (secondary N) is 1. The van der Waals surface area contributed by atoms with Crippen LogP contribution in [0.1, 0.15) is 32.2 Å². The van der Waals surface area contributed by atoms with E-state index in [9.17, 15) is 4.79 Å². The number of nitrogens with zero attached hydrogens (tertiary/aromatic N) is 3. The summed E-state index contributed by atoms with van der Waals surface area (Å²) in [7, 11) is 0. The van der Waals surface area contributed by atoms with E-state index in [0.29, 0.717) is 31.9 Å². The summed E-state index contributed by atoms with van der Waals surface area (Å²) in [5.41, 5.74) is 1.29. The zero-order chi connectivity index (χ0) is 18.7. The van der Waals surface area contributed by atoms with E-state index in [0.717, 1.165) is 0 Å². The first-order chi connectivity index (χ1) is 12.3. The molecule has 1 N–H and O–H groups in total. The lowest BCUT2D eigenvalue weighted by Crippen LogP contribution is -2.27. The number of thiazole rings is 1. The Hall–Kier alpha value is -2.69. The van der Waals surface area contributed by atoms with Gasteiger partial charge in [0.2, 0.25) is 0 Å². The fourth-order valence-electron chi connectivity index (χ4n) is 1.91. The summed E-state index contributed by atoms with van der Waals surface area (Å²) >= 11 is 7.05. The Morgan fingerprint density at radius 1 is 1.15 bits per heavy atom. The maximum atomic E-state index is 11.8. The summed E-state index contributed by atoms with van der Waals surface area (Å²) in [6, 6.07) is 7.04. The molecule has 0 bridgehead atoms. The van der Waals surface area contributed by atoms with E-state index in [-0.39, 0.29) is 0 Å². The van der Waals surface area contributed by atoms with Gasteiger partial charge in [-0.3, -0.25) is 5.32 Å². The average molecular weight is 387 g/mol. The first kappa shape index (κ1) is 18.1. The second-order valence-corrected chi connectivity index (χ2v) is 7.69. The fourth-order valence-corrected chi connectivity index (χ4v) is 2.84. The predicted octanol–water partition coefficient (Wildman–Crippen LogP) is 4.49. The zero-order valence-electron chi connectivity index (χ0n) is 14.3. The molecule has 0 aliphatic rings. The van der Waals surface area contributed by atoms with Crippen LogP contribution in [-0.2, 0) is 4.74 Å². The number of halogens is 1. The minimum Gasteiger partial charge on any atom is -0.444 e. The minimum absolute atomic E-state index is 0.422. The molecular weight excluding hydrogens is 372 g/mol. The monoisotopic (exact) mass is 386 g/mol. The highest BCUT2D eigenvalue weighted by atomic mass is 35.5. The predicted molar refractivity (Wildman–Crippen MR) is 102 cm³/mol. The number of rotatable bonds is 1. The molecule has 0 fully saturated rings. The van der Waals surface area contributed by atoms with Gasteiger partial charge in [0.15, 0.2) is 5.13 Å². The number of ether oxygens (including phenoxy) is 1. The van der Waals surface area contributed by atoms with E-state index in [1.54, 1.807) is 51.2 Å². The Bertz CT molecular complexity index is 1010. The molecule has 26 heavy (non-hydrogen) atoms. The number of carbonyl (C=O) groups excluding carboxylic acids is 1. The molecule has 0 saturated heterocycles. The van der Waals surface area contributed by atoms with Gasteiger partial charge in [-0.1, -0.05) is 22.9 Å². The molecule has 0 radical (unpaired) electrons. The molecule has 6 nitrogen and oxygen atoms in total. The Labute approximate surface area is 159 Å². The van der Waals surface area contributed by atoms with Crippen molar-refractivity contribution in [2.24, 2.45) is 0 Å². The largest absolute Gasteiger partial charge is 0.444 e.